The fourth-order valence-electron chi connectivity index (χ4n) is 7.02. The van der Waals surface area contributed by atoms with Gasteiger partial charge in [-0.3, -0.25) is 9.05 Å². The van der Waals surface area contributed by atoms with Crippen molar-refractivity contribution in [3.63, 3.8) is 0 Å². The first-order valence-electron chi connectivity index (χ1n) is 20.6. The Kier molecular flexibility index (Phi) is 20.2. The standard InChI is InChI=1S/C41H64N5O9P/c1-2-3-4-5-6-7-8-9-10-11-12-13-14-15-16-20-25-51-27-34(28-52-26-33-21-18-17-19-22-33)29-53-56(49,50)54-30-36-38(47)39(48)41(31-42,55-36)37-24-23-35-40(43)44-32-45-46(35)37/h17-19,21-24,32,34,36,38-39,47-48H,2-16,20,25-30H2,1H3,(H,49,50)(H2,43,44,45)/t34-,36+,38+,39+,41-/m0/s1. The molecule has 1 aliphatic heterocycles. The van der Waals surface area contributed by atoms with E-state index in [4.69, 9.17) is 29.0 Å². The van der Waals surface area contributed by atoms with Crippen molar-refractivity contribution < 1.29 is 42.9 Å². The maximum atomic E-state index is 13.0. The second-order valence-corrected chi connectivity index (χ2v) is 16.4. The van der Waals surface area contributed by atoms with Gasteiger partial charge in [0.15, 0.2) is 5.82 Å². The maximum absolute atomic E-state index is 13.0. The predicted octanol–water partition coefficient (Wildman–Crippen LogP) is 7.40. The number of aliphatic hydroxyl groups is 2. The molecule has 0 saturated carbocycles. The molecular formula is C41H64N5O9P. The molecule has 6 atom stereocenters. The Balaban J connectivity index is 1.15. The third-order valence-electron chi connectivity index (χ3n) is 10.3. The fourth-order valence-corrected chi connectivity index (χ4v) is 7.83. The number of hydrogen-bond acceptors (Lipinski definition) is 12. The van der Waals surface area contributed by atoms with Crippen LogP contribution >= 0.6 is 7.82 Å². The van der Waals surface area contributed by atoms with Crippen LogP contribution in [0.25, 0.3) is 5.52 Å². The average Bonchev–Trinajstić information content (AvgIpc) is 3.75. The first-order chi connectivity index (χ1) is 27.2. The van der Waals surface area contributed by atoms with Crippen LogP contribution in [0.1, 0.15) is 121 Å². The van der Waals surface area contributed by atoms with Crippen molar-refractivity contribution in [3.8, 4) is 6.07 Å². The van der Waals surface area contributed by atoms with E-state index in [1.165, 1.54) is 107 Å². The molecule has 0 aliphatic carbocycles. The lowest BCUT2D eigenvalue weighted by molar-refractivity contribution is -0.0651. The van der Waals surface area contributed by atoms with Crippen molar-refractivity contribution in [1.82, 2.24) is 14.6 Å². The van der Waals surface area contributed by atoms with Gasteiger partial charge in [-0.1, -0.05) is 134 Å². The molecule has 0 bridgehead atoms. The van der Waals surface area contributed by atoms with Gasteiger partial charge in [-0.25, -0.2) is 14.1 Å². The summed E-state index contributed by atoms with van der Waals surface area (Å²) in [5.74, 6) is -0.234. The second kappa shape index (κ2) is 24.7. The van der Waals surface area contributed by atoms with E-state index in [9.17, 15) is 24.9 Å². The van der Waals surface area contributed by atoms with Crippen LogP contribution < -0.4 is 5.73 Å². The second-order valence-electron chi connectivity index (χ2n) is 14.9. The Labute approximate surface area is 332 Å². The maximum Gasteiger partial charge on any atom is 0.472 e. The third-order valence-corrected chi connectivity index (χ3v) is 11.3. The number of nitrogens with zero attached hydrogens (tertiary/aromatic N) is 4. The Morgan fingerprint density at radius 1 is 0.875 bits per heavy atom. The van der Waals surface area contributed by atoms with E-state index < -0.39 is 38.3 Å². The fraction of sp³-hybridized carbons (Fsp3) is 0.683. The highest BCUT2D eigenvalue weighted by molar-refractivity contribution is 7.47. The van der Waals surface area contributed by atoms with E-state index in [0.29, 0.717) is 18.7 Å². The monoisotopic (exact) mass is 801 g/mol. The number of ether oxygens (including phenoxy) is 3. The van der Waals surface area contributed by atoms with Crippen LogP contribution in [-0.4, -0.2) is 81.1 Å². The first-order valence-corrected chi connectivity index (χ1v) is 22.1. The molecule has 2 aromatic heterocycles. The third kappa shape index (κ3) is 14.5. The van der Waals surface area contributed by atoms with Crippen LogP contribution in [0.2, 0.25) is 0 Å². The molecule has 5 N–H and O–H groups in total. The van der Waals surface area contributed by atoms with Crippen molar-refractivity contribution in [2.45, 2.75) is 140 Å². The van der Waals surface area contributed by atoms with Gasteiger partial charge >= 0.3 is 7.82 Å². The van der Waals surface area contributed by atoms with Crippen LogP contribution in [0.15, 0.2) is 48.8 Å². The zero-order chi connectivity index (χ0) is 40.1. The van der Waals surface area contributed by atoms with Crippen LogP contribution in [0, 0.1) is 17.2 Å². The number of benzene rings is 1. The molecule has 14 nitrogen and oxygen atoms in total. The predicted molar refractivity (Wildman–Crippen MR) is 213 cm³/mol. The quantitative estimate of drug-likeness (QED) is 0.0384. The number of aliphatic hydroxyl groups excluding tert-OH is 2. The Hall–Kier alpha value is -2.96. The van der Waals surface area contributed by atoms with Crippen LogP contribution in [-0.2, 0) is 40.0 Å². The van der Waals surface area contributed by atoms with E-state index in [1.807, 2.05) is 36.4 Å². The summed E-state index contributed by atoms with van der Waals surface area (Å²) >= 11 is 0. The molecule has 3 aromatic rings. The molecule has 312 valence electrons. The Bertz CT molecular complexity index is 1630. The number of phosphoric acid groups is 1. The van der Waals surface area contributed by atoms with E-state index >= 15 is 0 Å². The van der Waals surface area contributed by atoms with Crippen molar-refractivity contribution in [2.24, 2.45) is 5.92 Å². The van der Waals surface area contributed by atoms with Gasteiger partial charge in [-0.05, 0) is 24.1 Å². The molecule has 4 rings (SSSR count). The minimum atomic E-state index is -4.68. The lowest BCUT2D eigenvalue weighted by Crippen LogP contribution is -2.41. The summed E-state index contributed by atoms with van der Waals surface area (Å²) in [7, 11) is -4.68. The van der Waals surface area contributed by atoms with Crippen molar-refractivity contribution >= 4 is 19.2 Å². The molecule has 0 amide bonds. The molecular weight excluding hydrogens is 737 g/mol. The number of hydrogen-bond donors (Lipinski definition) is 4. The molecule has 1 unspecified atom stereocenters. The molecule has 1 aromatic carbocycles. The topological polar surface area (TPSA) is 204 Å². The van der Waals surface area contributed by atoms with Gasteiger partial charge < -0.3 is 35.1 Å². The van der Waals surface area contributed by atoms with Crippen LogP contribution in [0.3, 0.4) is 0 Å². The summed E-state index contributed by atoms with van der Waals surface area (Å²) in [4.78, 5) is 14.5. The van der Waals surface area contributed by atoms with E-state index in [0.717, 1.165) is 18.4 Å². The summed E-state index contributed by atoms with van der Waals surface area (Å²) < 4.78 is 42.6. The Morgan fingerprint density at radius 3 is 2.11 bits per heavy atom. The number of nitriles is 1. The zero-order valence-corrected chi connectivity index (χ0v) is 34.0. The van der Waals surface area contributed by atoms with Gasteiger partial charge in [0.2, 0.25) is 5.60 Å². The number of aromatic nitrogens is 3. The van der Waals surface area contributed by atoms with Gasteiger partial charge in [0.25, 0.3) is 0 Å². The largest absolute Gasteiger partial charge is 0.472 e. The molecule has 0 spiro atoms. The minimum Gasteiger partial charge on any atom is -0.387 e. The molecule has 3 heterocycles. The average molecular weight is 802 g/mol. The lowest BCUT2D eigenvalue weighted by Gasteiger charge is -2.24. The smallest absolute Gasteiger partial charge is 0.387 e. The number of nitrogens with two attached hydrogens (primary N) is 1. The number of phosphoric ester groups is 1. The highest BCUT2D eigenvalue weighted by Gasteiger charge is 2.58. The number of fused-ring (bicyclic) bond motifs is 1. The van der Waals surface area contributed by atoms with E-state index in [1.54, 1.807) is 6.07 Å². The molecule has 15 heteroatoms. The van der Waals surface area contributed by atoms with Crippen LogP contribution in [0.5, 0.6) is 0 Å². The van der Waals surface area contributed by atoms with Gasteiger partial charge in [-0.2, -0.15) is 10.4 Å². The van der Waals surface area contributed by atoms with Gasteiger partial charge in [-0.15, -0.1) is 0 Å². The number of nitrogen functional groups attached to an aromatic ring is 1. The number of unbranched alkanes of at least 4 members (excludes halogenated alkanes) is 15. The molecule has 1 aliphatic rings. The SMILES string of the molecule is CCCCCCCCCCCCCCCCCCOC[C@@H](COCc1ccccc1)COP(=O)(O)OC[C@H]1O[C@@](C#N)(c2ccc3c(N)ncnn23)[C@H](O)[C@@H]1O. The van der Waals surface area contributed by atoms with Gasteiger partial charge in [0.05, 0.1) is 38.7 Å². The normalized spacial score (nSPS) is 21.3. The highest BCUT2D eigenvalue weighted by Crippen LogP contribution is 2.46. The Morgan fingerprint density at radius 2 is 1.48 bits per heavy atom. The molecule has 1 fully saturated rings. The minimum absolute atomic E-state index is 0.0968. The molecule has 56 heavy (non-hydrogen) atoms. The summed E-state index contributed by atoms with van der Waals surface area (Å²) in [6.07, 6.45) is 17.1. The highest BCUT2D eigenvalue weighted by atomic mass is 31.2. The summed E-state index contributed by atoms with van der Waals surface area (Å²) in [5, 5.41) is 36.0. The lowest BCUT2D eigenvalue weighted by atomic mass is 9.92. The molecule has 1 saturated heterocycles. The number of rotatable bonds is 30. The summed E-state index contributed by atoms with van der Waals surface area (Å²) in [6, 6.07) is 14.6. The van der Waals surface area contributed by atoms with Crippen molar-refractivity contribution in [1.29, 1.82) is 5.26 Å². The number of anilines is 1. The summed E-state index contributed by atoms with van der Waals surface area (Å²) in [6.45, 7) is 2.82. The zero-order valence-electron chi connectivity index (χ0n) is 33.1. The van der Waals surface area contributed by atoms with Crippen molar-refractivity contribution in [3.05, 3.63) is 60.0 Å². The van der Waals surface area contributed by atoms with E-state index in [2.05, 4.69) is 17.0 Å². The molecule has 0 radical (unpaired) electrons. The van der Waals surface area contributed by atoms with Gasteiger partial charge in [0.1, 0.15) is 36.2 Å². The van der Waals surface area contributed by atoms with E-state index in [-0.39, 0.29) is 37.3 Å². The van der Waals surface area contributed by atoms with Gasteiger partial charge in [0, 0.05) is 12.5 Å². The van der Waals surface area contributed by atoms with Crippen LogP contribution in [0.4, 0.5) is 5.82 Å². The summed E-state index contributed by atoms with van der Waals surface area (Å²) in [5.41, 5.74) is 5.29. The first kappa shape index (κ1) is 45.7. The van der Waals surface area contributed by atoms with Crippen molar-refractivity contribution in [2.75, 3.05) is 38.8 Å².